The van der Waals surface area contributed by atoms with Crippen molar-refractivity contribution in [2.75, 3.05) is 7.11 Å². The van der Waals surface area contributed by atoms with E-state index in [1.165, 1.54) is 23.8 Å². The van der Waals surface area contributed by atoms with Crippen LogP contribution in [0.1, 0.15) is 18.9 Å². The van der Waals surface area contributed by atoms with Crippen molar-refractivity contribution in [2.45, 2.75) is 29.9 Å². The van der Waals surface area contributed by atoms with Crippen molar-refractivity contribution in [3.63, 3.8) is 0 Å². The van der Waals surface area contributed by atoms with Gasteiger partial charge in [-0.05, 0) is 48.9 Å². The van der Waals surface area contributed by atoms with Crippen molar-refractivity contribution in [1.29, 1.82) is 0 Å². The monoisotopic (exact) mass is 436 g/mol. The van der Waals surface area contributed by atoms with Gasteiger partial charge in [0.15, 0.2) is 11.0 Å². The summed E-state index contributed by atoms with van der Waals surface area (Å²) in [4.78, 5) is 11.7. The summed E-state index contributed by atoms with van der Waals surface area (Å²) in [5.74, 6) is 0.421. The van der Waals surface area contributed by atoms with E-state index in [0.717, 1.165) is 23.9 Å². The molecule has 0 bridgehead atoms. The van der Waals surface area contributed by atoms with Crippen molar-refractivity contribution in [3.8, 4) is 22.8 Å². The standard InChI is InChI=1S/C20H19F3N4O2S/c1-3-16(17(24)28)30-19-26-25-18(12-7-9-15(29-2)10-8-12)27(19)14-6-4-5-13(11-14)20(21,22)23/h4-11,16H,3H2,1-2H3,(H2,24,28). The molecule has 6 nitrogen and oxygen atoms in total. The number of carbonyl (C=O) groups is 1. The Balaban J connectivity index is 2.16. The molecule has 0 radical (unpaired) electrons. The quantitative estimate of drug-likeness (QED) is 0.558. The van der Waals surface area contributed by atoms with E-state index in [1.807, 2.05) is 0 Å². The van der Waals surface area contributed by atoms with Gasteiger partial charge in [-0.2, -0.15) is 13.2 Å². The molecule has 30 heavy (non-hydrogen) atoms. The Kier molecular flexibility index (Phi) is 6.35. The molecule has 3 aromatic rings. The second-order valence-corrected chi connectivity index (χ2v) is 7.51. The summed E-state index contributed by atoms with van der Waals surface area (Å²) in [7, 11) is 1.53. The lowest BCUT2D eigenvalue weighted by atomic mass is 10.1. The number of nitrogens with zero attached hydrogens (tertiary/aromatic N) is 3. The van der Waals surface area contributed by atoms with E-state index in [0.29, 0.717) is 23.6 Å². The number of carbonyl (C=O) groups excluding carboxylic acids is 1. The van der Waals surface area contributed by atoms with Crippen LogP contribution in [-0.4, -0.2) is 33.0 Å². The van der Waals surface area contributed by atoms with Crippen LogP contribution in [0.2, 0.25) is 0 Å². The number of amides is 1. The Hall–Kier alpha value is -3.01. The van der Waals surface area contributed by atoms with Crippen LogP contribution < -0.4 is 10.5 Å². The lowest BCUT2D eigenvalue weighted by Gasteiger charge is -2.15. The summed E-state index contributed by atoms with van der Waals surface area (Å²) in [5, 5.41) is 7.98. The first-order valence-corrected chi connectivity index (χ1v) is 9.86. The lowest BCUT2D eigenvalue weighted by molar-refractivity contribution is -0.137. The van der Waals surface area contributed by atoms with Crippen LogP contribution in [0.4, 0.5) is 13.2 Å². The summed E-state index contributed by atoms with van der Waals surface area (Å²) in [6, 6.07) is 11.7. The Labute approximate surface area is 175 Å². The van der Waals surface area contributed by atoms with Crippen LogP contribution in [0.3, 0.4) is 0 Å². The smallest absolute Gasteiger partial charge is 0.416 e. The highest BCUT2D eigenvalue weighted by atomic mass is 32.2. The Bertz CT molecular complexity index is 1040. The van der Waals surface area contributed by atoms with Gasteiger partial charge in [0.1, 0.15) is 5.75 Å². The zero-order chi connectivity index (χ0) is 21.9. The number of benzene rings is 2. The van der Waals surface area contributed by atoms with Gasteiger partial charge < -0.3 is 10.5 Å². The summed E-state index contributed by atoms with van der Waals surface area (Å²) in [6.07, 6.45) is -4.07. The molecular formula is C20H19F3N4O2S. The van der Waals surface area contributed by atoms with Crippen LogP contribution >= 0.6 is 11.8 Å². The maximum atomic E-state index is 13.3. The minimum absolute atomic E-state index is 0.225. The molecular weight excluding hydrogens is 417 g/mol. The van der Waals surface area contributed by atoms with Crippen molar-refractivity contribution >= 4 is 17.7 Å². The molecule has 0 aliphatic rings. The number of halogens is 3. The number of alkyl halides is 3. The molecule has 0 aliphatic carbocycles. The van der Waals surface area contributed by atoms with Crippen molar-refractivity contribution in [2.24, 2.45) is 5.73 Å². The summed E-state index contributed by atoms with van der Waals surface area (Å²) in [5.41, 5.74) is 5.49. The topological polar surface area (TPSA) is 83.0 Å². The normalized spacial score (nSPS) is 12.6. The van der Waals surface area contributed by atoms with Crippen LogP contribution in [0, 0.1) is 0 Å². The van der Waals surface area contributed by atoms with Gasteiger partial charge in [0.05, 0.1) is 23.6 Å². The molecule has 1 amide bonds. The zero-order valence-corrected chi connectivity index (χ0v) is 17.0. The van der Waals surface area contributed by atoms with Gasteiger partial charge in [0, 0.05) is 5.56 Å². The van der Waals surface area contributed by atoms with Crippen molar-refractivity contribution in [1.82, 2.24) is 14.8 Å². The molecule has 0 aliphatic heterocycles. The number of aromatic nitrogens is 3. The molecule has 1 aromatic heterocycles. The van der Waals surface area contributed by atoms with Crippen LogP contribution in [-0.2, 0) is 11.0 Å². The van der Waals surface area contributed by atoms with E-state index in [1.54, 1.807) is 31.2 Å². The predicted octanol–water partition coefficient (Wildman–Crippen LogP) is 4.32. The molecule has 1 unspecified atom stereocenters. The van der Waals surface area contributed by atoms with Crippen molar-refractivity contribution < 1.29 is 22.7 Å². The highest BCUT2D eigenvalue weighted by Gasteiger charge is 2.31. The molecule has 0 saturated carbocycles. The third kappa shape index (κ3) is 4.59. The largest absolute Gasteiger partial charge is 0.497 e. The minimum Gasteiger partial charge on any atom is -0.497 e. The van der Waals surface area contributed by atoms with E-state index >= 15 is 0 Å². The molecule has 0 spiro atoms. The van der Waals surface area contributed by atoms with E-state index < -0.39 is 22.9 Å². The SMILES string of the molecule is CCC(Sc1nnc(-c2ccc(OC)cc2)n1-c1cccc(C(F)(F)F)c1)C(N)=O. The van der Waals surface area contributed by atoms with Crippen LogP contribution in [0.25, 0.3) is 17.1 Å². The maximum Gasteiger partial charge on any atom is 0.416 e. The van der Waals surface area contributed by atoms with E-state index in [-0.39, 0.29) is 10.8 Å². The van der Waals surface area contributed by atoms with Gasteiger partial charge in [-0.1, -0.05) is 24.8 Å². The molecule has 0 saturated heterocycles. The highest BCUT2D eigenvalue weighted by Crippen LogP contribution is 2.35. The number of methoxy groups -OCH3 is 1. The number of ether oxygens (including phenoxy) is 1. The third-order valence-electron chi connectivity index (χ3n) is 4.35. The van der Waals surface area contributed by atoms with E-state index in [2.05, 4.69) is 10.2 Å². The molecule has 0 fully saturated rings. The molecule has 2 N–H and O–H groups in total. The fraction of sp³-hybridized carbons (Fsp3) is 0.250. The molecule has 10 heteroatoms. The zero-order valence-electron chi connectivity index (χ0n) is 16.2. The van der Waals surface area contributed by atoms with Gasteiger partial charge in [-0.25, -0.2) is 0 Å². The second kappa shape index (κ2) is 8.78. The number of hydrogen-bond donors (Lipinski definition) is 1. The van der Waals surface area contributed by atoms with Crippen LogP contribution in [0.5, 0.6) is 5.75 Å². The Morgan fingerprint density at radius 3 is 2.47 bits per heavy atom. The molecule has 1 heterocycles. The third-order valence-corrected chi connectivity index (χ3v) is 5.67. The first-order valence-electron chi connectivity index (χ1n) is 8.98. The van der Waals surface area contributed by atoms with Gasteiger partial charge in [0.2, 0.25) is 5.91 Å². The fourth-order valence-electron chi connectivity index (χ4n) is 2.80. The van der Waals surface area contributed by atoms with E-state index in [9.17, 15) is 18.0 Å². The van der Waals surface area contributed by atoms with Crippen molar-refractivity contribution in [3.05, 3.63) is 54.1 Å². The minimum atomic E-state index is -4.50. The number of hydrogen-bond acceptors (Lipinski definition) is 5. The first-order chi connectivity index (χ1) is 14.2. The predicted molar refractivity (Wildman–Crippen MR) is 107 cm³/mol. The number of rotatable bonds is 7. The fourth-order valence-corrected chi connectivity index (χ4v) is 3.72. The number of thioether (sulfide) groups is 1. The first kappa shape index (κ1) is 21.7. The van der Waals surface area contributed by atoms with Gasteiger partial charge in [-0.15, -0.1) is 10.2 Å². The Morgan fingerprint density at radius 2 is 1.90 bits per heavy atom. The number of nitrogens with two attached hydrogens (primary N) is 1. The van der Waals surface area contributed by atoms with E-state index in [4.69, 9.17) is 10.5 Å². The second-order valence-electron chi connectivity index (χ2n) is 6.34. The van der Waals surface area contributed by atoms with Gasteiger partial charge in [-0.3, -0.25) is 9.36 Å². The average molecular weight is 436 g/mol. The maximum absolute atomic E-state index is 13.3. The Morgan fingerprint density at radius 1 is 1.20 bits per heavy atom. The molecule has 3 rings (SSSR count). The lowest BCUT2D eigenvalue weighted by Crippen LogP contribution is -2.25. The highest BCUT2D eigenvalue weighted by molar-refractivity contribution is 8.00. The number of primary amides is 1. The van der Waals surface area contributed by atoms with Crippen LogP contribution in [0.15, 0.2) is 53.7 Å². The summed E-state index contributed by atoms with van der Waals surface area (Å²) < 4.78 is 46.4. The van der Waals surface area contributed by atoms with Gasteiger partial charge in [0.25, 0.3) is 0 Å². The van der Waals surface area contributed by atoms with Gasteiger partial charge >= 0.3 is 6.18 Å². The summed E-state index contributed by atoms with van der Waals surface area (Å²) in [6.45, 7) is 1.79. The summed E-state index contributed by atoms with van der Waals surface area (Å²) >= 11 is 1.06. The molecule has 1 atom stereocenters. The molecule has 158 valence electrons. The average Bonchev–Trinajstić information content (AvgIpc) is 3.15. The molecule has 2 aromatic carbocycles.